The Bertz CT molecular complexity index is 1640. The van der Waals surface area contributed by atoms with Gasteiger partial charge in [0.15, 0.2) is 4.34 Å². The molecule has 1 saturated heterocycles. The summed E-state index contributed by atoms with van der Waals surface area (Å²) in [6, 6.07) is 15.3. The molecule has 223 valence electrons. The number of thiazole rings is 1. The van der Waals surface area contributed by atoms with Gasteiger partial charge in [-0.3, -0.25) is 14.4 Å². The number of nitrogens with one attached hydrogen (secondary N) is 1. The second-order valence-corrected chi connectivity index (χ2v) is 12.4. The van der Waals surface area contributed by atoms with Crippen LogP contribution in [0.25, 0.3) is 11.3 Å². The number of hydrogen-bond donors (Lipinski definition) is 4. The van der Waals surface area contributed by atoms with Crippen molar-refractivity contribution in [3.8, 4) is 11.3 Å². The van der Waals surface area contributed by atoms with Gasteiger partial charge >= 0.3 is 5.97 Å². The van der Waals surface area contributed by atoms with E-state index in [2.05, 4.69) is 15.3 Å². The summed E-state index contributed by atoms with van der Waals surface area (Å²) in [5, 5.41) is 24.4. The Hall–Kier alpha value is -3.33. The molecule has 11 nitrogen and oxygen atoms in total. The number of amidine groups is 1. The number of nitrogens with zero attached hydrogens (tertiary/aromatic N) is 3. The van der Waals surface area contributed by atoms with Crippen LogP contribution in [0.4, 0.5) is 0 Å². The van der Waals surface area contributed by atoms with E-state index in [0.717, 1.165) is 5.56 Å². The average Bonchev–Trinajstić information content (AvgIpc) is 3.54. The minimum absolute atomic E-state index is 0. The summed E-state index contributed by atoms with van der Waals surface area (Å²) in [5.41, 5.74) is 8.51. The number of nitrogens with two attached hydrogens (primary N) is 1. The van der Waals surface area contributed by atoms with Crippen molar-refractivity contribution in [3.63, 3.8) is 0 Å². The maximum Gasteiger partial charge on any atom is 0.353 e. The molecular formula is C30H29N5NaO6S2. The minimum atomic E-state index is -1.18. The molecule has 1 radical (unpaired) electrons. The number of carboxylic acids is 1. The number of carboxylic acid groups (broad SMARTS) is 1. The number of thioether (sulfide) groups is 1. The maximum atomic E-state index is 12.6. The predicted molar refractivity (Wildman–Crippen MR) is 168 cm³/mol. The van der Waals surface area contributed by atoms with Gasteiger partial charge < -0.3 is 26.2 Å². The summed E-state index contributed by atoms with van der Waals surface area (Å²) in [6.07, 6.45) is -0.864. The van der Waals surface area contributed by atoms with E-state index in [1.165, 1.54) is 28.0 Å². The van der Waals surface area contributed by atoms with E-state index >= 15 is 0 Å². The molecule has 1 aromatic heterocycles. The zero-order valence-electron chi connectivity index (χ0n) is 24.3. The fraction of sp³-hybridized carbons (Fsp3) is 0.267. The number of aliphatic imine (C=N–C) groups is 1. The molecule has 0 bridgehead atoms. The molecule has 0 unspecified atom stereocenters. The van der Waals surface area contributed by atoms with Crippen molar-refractivity contribution in [3.05, 3.63) is 81.7 Å². The molecule has 2 aromatic carbocycles. The zero-order valence-corrected chi connectivity index (χ0v) is 27.9. The van der Waals surface area contributed by atoms with Crippen molar-refractivity contribution in [2.24, 2.45) is 22.6 Å². The van der Waals surface area contributed by atoms with E-state index in [1.807, 2.05) is 18.4 Å². The normalized spacial score (nSPS) is 20.0. The number of hydrogen-bond acceptors (Lipinski definition) is 8. The first-order valence-electron chi connectivity index (χ1n) is 13.5. The first-order chi connectivity index (χ1) is 20.6. The van der Waals surface area contributed by atoms with Crippen LogP contribution in [-0.2, 0) is 14.4 Å². The molecule has 0 saturated carbocycles. The first kappa shape index (κ1) is 33.6. The van der Waals surface area contributed by atoms with E-state index in [9.17, 15) is 29.4 Å². The zero-order chi connectivity index (χ0) is 30.8. The van der Waals surface area contributed by atoms with Crippen LogP contribution in [0, 0.1) is 11.8 Å². The molecular weight excluding hydrogens is 613 g/mol. The first-order valence-corrected chi connectivity index (χ1v) is 15.2. The summed E-state index contributed by atoms with van der Waals surface area (Å²) in [4.78, 5) is 59.5. The molecule has 2 aliphatic heterocycles. The number of fused-ring (bicyclic) bond motifs is 1. The molecule has 3 aromatic rings. The molecule has 5 N–H and O–H groups in total. The van der Waals surface area contributed by atoms with Crippen LogP contribution in [0.15, 0.2) is 79.9 Å². The number of aliphatic hydroxyl groups is 1. The van der Waals surface area contributed by atoms with E-state index in [4.69, 9.17) is 5.73 Å². The van der Waals surface area contributed by atoms with Gasteiger partial charge in [-0.1, -0.05) is 61.2 Å². The maximum absolute atomic E-state index is 12.6. The van der Waals surface area contributed by atoms with Crippen LogP contribution in [0.2, 0.25) is 0 Å². The van der Waals surface area contributed by atoms with Crippen LogP contribution in [-0.4, -0.2) is 97.9 Å². The van der Waals surface area contributed by atoms with Crippen molar-refractivity contribution in [1.29, 1.82) is 0 Å². The number of benzene rings is 2. The Kier molecular flexibility index (Phi) is 10.8. The fourth-order valence-electron chi connectivity index (χ4n) is 5.23. The number of carbonyl (C=O) groups excluding carboxylic acids is 3. The molecule has 44 heavy (non-hydrogen) atoms. The monoisotopic (exact) mass is 642 g/mol. The van der Waals surface area contributed by atoms with E-state index in [1.54, 1.807) is 55.5 Å². The standard InChI is InChI=1S/C30H29N5O6S2.Na/c1-15-23-22(16(2)36)28(39)35(23)24(29(40)41)25(15)43-30-33-20(14-42-30)17-8-10-18(11-9-17)26(31)34-21(37)12-13-32-27(38)19-6-4-3-5-7-19;/h3-11,14-16,22-23,36H,12-13H2,1-2H3,(H,32,38)(H,40,41)(H2,31,34,37);/t15-,16-,22-,23-;/m1./s1. The van der Waals surface area contributed by atoms with Crippen LogP contribution >= 0.6 is 23.1 Å². The summed E-state index contributed by atoms with van der Waals surface area (Å²) in [5.74, 6) is -3.12. The number of carbonyl (C=O) groups is 4. The van der Waals surface area contributed by atoms with E-state index in [0.29, 0.717) is 26.1 Å². The Morgan fingerprint density at radius 3 is 2.45 bits per heavy atom. The Labute approximate surface area is 283 Å². The molecule has 2 aliphatic rings. The van der Waals surface area contributed by atoms with Gasteiger partial charge in [-0.05, 0) is 19.1 Å². The average molecular weight is 643 g/mol. The molecule has 5 rings (SSSR count). The molecule has 3 heterocycles. The topological polar surface area (TPSA) is 175 Å². The van der Waals surface area contributed by atoms with E-state index in [-0.39, 0.29) is 77.8 Å². The minimum Gasteiger partial charge on any atom is -0.477 e. The van der Waals surface area contributed by atoms with Crippen molar-refractivity contribution in [2.45, 2.75) is 36.8 Å². The van der Waals surface area contributed by atoms with Gasteiger partial charge in [-0.25, -0.2) is 9.78 Å². The van der Waals surface area contributed by atoms with Crippen molar-refractivity contribution in [2.75, 3.05) is 6.54 Å². The van der Waals surface area contributed by atoms with Crippen molar-refractivity contribution < 1.29 is 29.4 Å². The number of β-lactam (4-membered cyclic amide) rings is 1. The third-order valence-electron chi connectivity index (χ3n) is 7.37. The SMILES string of the molecule is C[C@@H](O)[C@H]1C(=O)N2C(C(=O)O)=C(Sc3nc(-c4ccc(C(N)=NC(=O)CCNC(=O)c5ccccc5)cc4)cs3)[C@H](C)[C@H]12.[Na]. The largest absolute Gasteiger partial charge is 0.477 e. The van der Waals surface area contributed by atoms with Crippen LogP contribution in [0.3, 0.4) is 0 Å². The Morgan fingerprint density at radius 2 is 1.82 bits per heavy atom. The fourth-order valence-corrected chi connectivity index (χ4v) is 7.33. The second-order valence-electron chi connectivity index (χ2n) is 10.2. The Morgan fingerprint density at radius 1 is 1.14 bits per heavy atom. The van der Waals surface area contributed by atoms with E-state index < -0.39 is 23.9 Å². The predicted octanol–water partition coefficient (Wildman–Crippen LogP) is 2.73. The molecule has 1 fully saturated rings. The van der Waals surface area contributed by atoms with Gasteiger partial charge in [0, 0.05) is 75.4 Å². The molecule has 3 amide bonds. The summed E-state index contributed by atoms with van der Waals surface area (Å²) in [6.45, 7) is 3.54. The second kappa shape index (κ2) is 14.2. The summed E-state index contributed by atoms with van der Waals surface area (Å²) < 4.78 is 0.620. The Balaban J connectivity index is 0.00000442. The smallest absolute Gasteiger partial charge is 0.353 e. The number of aliphatic carboxylic acids is 1. The van der Waals surface area contributed by atoms with Crippen LogP contribution < -0.4 is 11.1 Å². The van der Waals surface area contributed by atoms with Gasteiger partial charge in [-0.2, -0.15) is 4.99 Å². The van der Waals surface area contributed by atoms with Gasteiger partial charge in [0.2, 0.25) is 11.8 Å². The summed E-state index contributed by atoms with van der Waals surface area (Å²) >= 11 is 2.58. The number of aliphatic hydroxyl groups excluding tert-OH is 1. The molecule has 0 aliphatic carbocycles. The van der Waals surface area contributed by atoms with Crippen molar-refractivity contribution in [1.82, 2.24) is 15.2 Å². The van der Waals surface area contributed by atoms with Gasteiger partial charge in [0.25, 0.3) is 5.91 Å². The van der Waals surface area contributed by atoms with Gasteiger partial charge in [0.1, 0.15) is 11.5 Å². The van der Waals surface area contributed by atoms with Crippen LogP contribution in [0.1, 0.15) is 36.2 Å². The van der Waals surface area contributed by atoms with Crippen LogP contribution in [0.5, 0.6) is 0 Å². The quantitative estimate of drug-likeness (QED) is 0.112. The van der Waals surface area contributed by atoms with Crippen molar-refractivity contribution >= 4 is 82.2 Å². The van der Waals surface area contributed by atoms with Gasteiger partial charge in [-0.15, -0.1) is 11.3 Å². The van der Waals surface area contributed by atoms with Gasteiger partial charge in [0.05, 0.1) is 23.8 Å². The number of rotatable bonds is 10. The third-order valence-corrected chi connectivity index (χ3v) is 9.60. The summed E-state index contributed by atoms with van der Waals surface area (Å²) in [7, 11) is 0. The molecule has 4 atom stereocenters. The number of amides is 3. The number of aromatic nitrogens is 1. The molecule has 14 heteroatoms. The third kappa shape index (κ3) is 6.82. The molecule has 0 spiro atoms.